The number of benzene rings is 1. The molecule has 0 spiro atoms. The molecule has 0 aliphatic heterocycles. The van der Waals surface area contributed by atoms with Gasteiger partial charge in [0.2, 0.25) is 11.8 Å². The van der Waals surface area contributed by atoms with Crippen molar-refractivity contribution in [2.24, 2.45) is 34.5 Å². The molecule has 15 heteroatoms. The molecule has 6 atom stereocenters. The number of ketones is 4. The molecule has 3 aliphatic carbocycles. The number of fused-ring (bicyclic) bond motifs is 3. The lowest BCUT2D eigenvalue weighted by molar-refractivity contribution is -0.166. The second-order valence-electron chi connectivity index (χ2n) is 13.8. The van der Waals surface area contributed by atoms with Crippen molar-refractivity contribution in [2.75, 3.05) is 45.0 Å². The van der Waals surface area contributed by atoms with Gasteiger partial charge in [-0.3, -0.25) is 33.7 Å². The number of nitriles is 1. The number of primary amides is 1. The molecule has 1 aromatic carbocycles. The maximum atomic E-state index is 14.5. The fraction of sp³-hybridized carbons (Fsp3) is 0.567. The Morgan fingerprint density at radius 3 is 2.20 bits per heavy atom. The molecular formula is C30H40N8O7. The summed E-state index contributed by atoms with van der Waals surface area (Å²) in [7, 11) is 6.20. The van der Waals surface area contributed by atoms with Crippen molar-refractivity contribution in [3.63, 3.8) is 0 Å². The molecule has 0 radical (unpaired) electrons. The number of hydrogen-bond donors (Lipinski definition) is 6. The summed E-state index contributed by atoms with van der Waals surface area (Å²) in [5, 5.41) is 27.5. The van der Waals surface area contributed by atoms with Crippen molar-refractivity contribution in [3.8, 4) is 11.8 Å². The molecule has 0 saturated heterocycles. The van der Waals surface area contributed by atoms with Gasteiger partial charge in [0.15, 0.2) is 34.5 Å². The van der Waals surface area contributed by atoms with Gasteiger partial charge in [0.1, 0.15) is 11.7 Å². The molecule has 9 N–H and O–H groups in total. The lowest BCUT2D eigenvalue weighted by Crippen LogP contribution is -2.85. The summed E-state index contributed by atoms with van der Waals surface area (Å²) in [6, 6.07) is 1.65. The zero-order valence-electron chi connectivity index (χ0n) is 26.4. The van der Waals surface area contributed by atoms with E-state index in [0.29, 0.717) is 5.69 Å². The van der Waals surface area contributed by atoms with Gasteiger partial charge in [0, 0.05) is 30.9 Å². The van der Waals surface area contributed by atoms with Crippen molar-refractivity contribution < 1.29 is 33.9 Å². The summed E-state index contributed by atoms with van der Waals surface area (Å²) in [5.41, 5.74) is 12.1. The van der Waals surface area contributed by atoms with Crippen molar-refractivity contribution in [3.05, 3.63) is 17.2 Å². The number of aromatic hydroxyl groups is 1. The van der Waals surface area contributed by atoms with Crippen LogP contribution in [-0.2, 0) is 30.4 Å². The molecule has 2 saturated carbocycles. The third-order valence-corrected chi connectivity index (χ3v) is 9.10. The number of nitrogens with two attached hydrogens (primary N) is 3. The van der Waals surface area contributed by atoms with Crippen LogP contribution in [0, 0.1) is 28.6 Å². The molecule has 2 amide bonds. The quantitative estimate of drug-likeness (QED) is 0.151. The van der Waals surface area contributed by atoms with E-state index in [-0.39, 0.29) is 35.3 Å². The second kappa shape index (κ2) is 10.7. The van der Waals surface area contributed by atoms with E-state index in [9.17, 15) is 39.1 Å². The summed E-state index contributed by atoms with van der Waals surface area (Å²) < 4.78 is 0. The van der Waals surface area contributed by atoms with Crippen molar-refractivity contribution in [2.45, 2.75) is 56.3 Å². The SMILES string of the molecule is CN(C)c1cc(NC(=O)CNC(C)(C)C)c(O)c2c1C[C@@]1(N)C[C@@]3(N)[C@H](N(C)C)C(=O)C(C(N)=O)C(=O)[C@@]3(C#N)C(=O)C1C2=O. The van der Waals surface area contributed by atoms with E-state index in [1.807, 2.05) is 20.8 Å². The Morgan fingerprint density at radius 2 is 1.71 bits per heavy atom. The van der Waals surface area contributed by atoms with E-state index in [2.05, 4.69) is 10.6 Å². The highest BCUT2D eigenvalue weighted by Gasteiger charge is 2.78. The number of phenolic OH excluding ortho intramolecular Hbond substituents is 1. The molecular weight excluding hydrogens is 584 g/mol. The van der Waals surface area contributed by atoms with Crippen LogP contribution in [0.25, 0.3) is 0 Å². The van der Waals surface area contributed by atoms with Gasteiger partial charge in [-0.05, 0) is 59.3 Å². The first-order valence-corrected chi connectivity index (χ1v) is 14.3. The van der Waals surface area contributed by atoms with Crippen LogP contribution in [0.2, 0.25) is 0 Å². The average molecular weight is 625 g/mol. The molecule has 2 fully saturated rings. The summed E-state index contributed by atoms with van der Waals surface area (Å²) in [4.78, 5) is 84.4. The molecule has 3 aliphatic rings. The van der Waals surface area contributed by atoms with Crippen LogP contribution >= 0.6 is 0 Å². The van der Waals surface area contributed by atoms with Gasteiger partial charge < -0.3 is 37.8 Å². The minimum atomic E-state index is -2.85. The standard InChI is InChI=1S/C30H40N8O7/c1-27(2,3)35-10-16(39)36-14-8-15(37(4)5)13-9-28(33)11-30(34)23(38(6)7)22(42)18(26(32)45)24(43)29(30,12-31)25(44)19(28)21(41)17(13)20(14)40/h8,18-19,23,35,40H,9-11,33-34H2,1-7H3,(H2,32,45)(H,36,39)/t18?,19?,23-,28-,29+,30-/m1/s1. The molecule has 0 heterocycles. The molecule has 15 nitrogen and oxygen atoms in total. The first-order chi connectivity index (χ1) is 20.6. The summed E-state index contributed by atoms with van der Waals surface area (Å²) in [5.74, 6) is -11.2. The number of amides is 2. The smallest absolute Gasteiger partial charge is 0.238 e. The first-order valence-electron chi connectivity index (χ1n) is 14.3. The lowest BCUT2D eigenvalue weighted by atomic mass is 9.42. The number of Topliss-reactive ketones (excluding diaryl/α,β-unsaturated/α-hetero) is 4. The van der Waals surface area contributed by atoms with E-state index in [1.165, 1.54) is 25.1 Å². The van der Waals surface area contributed by atoms with Crippen molar-refractivity contribution in [1.29, 1.82) is 5.26 Å². The van der Waals surface area contributed by atoms with Gasteiger partial charge >= 0.3 is 0 Å². The van der Waals surface area contributed by atoms with E-state index in [4.69, 9.17) is 17.2 Å². The van der Waals surface area contributed by atoms with E-state index in [1.54, 1.807) is 25.1 Å². The molecule has 242 valence electrons. The third-order valence-electron chi connectivity index (χ3n) is 9.10. The number of nitrogens with one attached hydrogen (secondary N) is 2. The highest BCUT2D eigenvalue weighted by Crippen LogP contribution is 2.57. The predicted octanol–water partition coefficient (Wildman–Crippen LogP) is -1.80. The number of likely N-dealkylation sites (N-methyl/N-ethyl adjacent to an activating group) is 1. The molecule has 2 unspecified atom stereocenters. The van der Waals surface area contributed by atoms with Gasteiger partial charge in [-0.1, -0.05) is 0 Å². The molecule has 0 bridgehead atoms. The fourth-order valence-electron chi connectivity index (χ4n) is 7.29. The Kier molecular flexibility index (Phi) is 8.00. The van der Waals surface area contributed by atoms with E-state index in [0.717, 1.165) is 0 Å². The van der Waals surface area contributed by atoms with Crippen LogP contribution in [-0.4, -0.2) is 102 Å². The number of carbonyl (C=O) groups is 6. The van der Waals surface area contributed by atoms with Crippen LogP contribution in [0.1, 0.15) is 43.1 Å². The molecule has 1 aromatic rings. The maximum Gasteiger partial charge on any atom is 0.238 e. The van der Waals surface area contributed by atoms with Gasteiger partial charge in [0.05, 0.1) is 35.4 Å². The number of hydrogen-bond acceptors (Lipinski definition) is 13. The van der Waals surface area contributed by atoms with Crippen LogP contribution in [0.5, 0.6) is 5.75 Å². The number of phenols is 1. The van der Waals surface area contributed by atoms with E-state index < -0.39 is 81.5 Å². The Bertz CT molecular complexity index is 1590. The normalized spacial score (nSPS) is 31.1. The monoisotopic (exact) mass is 624 g/mol. The number of carbonyl (C=O) groups excluding carboxylic acids is 6. The Balaban J connectivity index is 1.94. The van der Waals surface area contributed by atoms with Crippen LogP contribution in [0.3, 0.4) is 0 Å². The van der Waals surface area contributed by atoms with Gasteiger partial charge in [-0.25, -0.2) is 0 Å². The highest BCUT2D eigenvalue weighted by molar-refractivity contribution is 6.33. The third kappa shape index (κ3) is 4.80. The summed E-state index contributed by atoms with van der Waals surface area (Å²) >= 11 is 0. The molecule has 0 aromatic heterocycles. The van der Waals surface area contributed by atoms with Crippen molar-refractivity contribution in [1.82, 2.24) is 10.2 Å². The first kappa shape index (κ1) is 33.7. The average Bonchev–Trinajstić information content (AvgIpc) is 2.87. The van der Waals surface area contributed by atoms with Crippen molar-refractivity contribution >= 4 is 46.3 Å². The molecule has 4 rings (SSSR count). The Morgan fingerprint density at radius 1 is 1.11 bits per heavy atom. The topological polar surface area (TPSA) is 255 Å². The Hall–Kier alpha value is -4.23. The largest absolute Gasteiger partial charge is 0.505 e. The second-order valence-corrected chi connectivity index (χ2v) is 13.8. The molecule has 45 heavy (non-hydrogen) atoms. The highest BCUT2D eigenvalue weighted by atomic mass is 16.3. The summed E-state index contributed by atoms with van der Waals surface area (Å²) in [6.07, 6.45) is -0.751. The lowest BCUT2D eigenvalue weighted by Gasteiger charge is -2.60. The minimum Gasteiger partial charge on any atom is -0.505 e. The Labute approximate surface area is 260 Å². The van der Waals surface area contributed by atoms with Gasteiger partial charge in [-0.2, -0.15) is 5.26 Å². The fourth-order valence-corrected chi connectivity index (χ4v) is 7.29. The van der Waals surface area contributed by atoms with Crippen LogP contribution in [0.4, 0.5) is 11.4 Å². The maximum absolute atomic E-state index is 14.5. The van der Waals surface area contributed by atoms with Gasteiger partial charge in [0.25, 0.3) is 0 Å². The van der Waals surface area contributed by atoms with E-state index >= 15 is 0 Å². The zero-order valence-corrected chi connectivity index (χ0v) is 26.4. The number of anilines is 2. The number of rotatable bonds is 6. The minimum absolute atomic E-state index is 0.108. The van der Waals surface area contributed by atoms with Crippen LogP contribution < -0.4 is 32.7 Å². The van der Waals surface area contributed by atoms with Crippen LogP contribution in [0.15, 0.2) is 6.07 Å². The predicted molar refractivity (Wildman–Crippen MR) is 162 cm³/mol. The summed E-state index contributed by atoms with van der Waals surface area (Å²) in [6.45, 7) is 5.48. The zero-order chi connectivity index (χ0) is 34.2. The van der Waals surface area contributed by atoms with Gasteiger partial charge in [-0.15, -0.1) is 0 Å². The number of nitrogens with zero attached hydrogens (tertiary/aromatic N) is 3.